The molecule has 5 heterocycles. The summed E-state index contributed by atoms with van der Waals surface area (Å²) in [5.74, 6) is -0.573. The first-order chi connectivity index (χ1) is 19.3. The number of hydrogen-bond acceptors (Lipinski definition) is 8. The van der Waals surface area contributed by atoms with E-state index >= 15 is 4.39 Å². The normalized spacial score (nSPS) is 22.6. The molecule has 210 valence electrons. The van der Waals surface area contributed by atoms with Gasteiger partial charge in [-0.15, -0.1) is 0 Å². The van der Waals surface area contributed by atoms with Crippen molar-refractivity contribution in [3.63, 3.8) is 0 Å². The molecule has 0 spiro atoms. The number of nitrogens with two attached hydrogens (primary N) is 1. The second-order valence-corrected chi connectivity index (χ2v) is 11.1. The number of nitrogen functional groups attached to an aromatic ring is 1. The zero-order chi connectivity index (χ0) is 28.0. The van der Waals surface area contributed by atoms with E-state index in [1.807, 2.05) is 17.0 Å². The zero-order valence-electron chi connectivity index (χ0n) is 22.4. The molecule has 0 bridgehead atoms. The van der Waals surface area contributed by atoms with E-state index in [9.17, 15) is 14.4 Å². The van der Waals surface area contributed by atoms with Gasteiger partial charge >= 0.3 is 0 Å². The Hall–Kier alpha value is -3.99. The van der Waals surface area contributed by atoms with Crippen molar-refractivity contribution in [1.82, 2.24) is 20.1 Å². The minimum absolute atomic E-state index is 0.0163. The highest BCUT2D eigenvalue weighted by molar-refractivity contribution is 6.23. The molecule has 6 rings (SSSR count). The molecule has 0 radical (unpaired) electrons. The highest BCUT2D eigenvalue weighted by Gasteiger charge is 2.44. The Morgan fingerprint density at radius 1 is 0.950 bits per heavy atom. The van der Waals surface area contributed by atoms with E-state index in [4.69, 9.17) is 5.73 Å². The van der Waals surface area contributed by atoms with Crippen LogP contribution < -0.4 is 20.9 Å². The smallest absolute Gasteiger partial charge is 0.262 e. The summed E-state index contributed by atoms with van der Waals surface area (Å²) in [7, 11) is 0. The maximum Gasteiger partial charge on any atom is 0.262 e. The van der Waals surface area contributed by atoms with Crippen LogP contribution in [0.15, 0.2) is 42.7 Å². The number of piperazine rings is 1. The summed E-state index contributed by atoms with van der Waals surface area (Å²) in [6, 6.07) is 5.58. The quantitative estimate of drug-likeness (QED) is 0.548. The number of nitrogens with one attached hydrogen (secondary N) is 1. The summed E-state index contributed by atoms with van der Waals surface area (Å²) >= 11 is 0. The van der Waals surface area contributed by atoms with E-state index in [0.29, 0.717) is 48.9 Å². The Morgan fingerprint density at radius 2 is 1.65 bits per heavy atom. The monoisotopic (exact) mass is 547 g/mol. The van der Waals surface area contributed by atoms with E-state index in [1.165, 1.54) is 6.07 Å². The molecule has 2 aromatic rings. The predicted molar refractivity (Wildman–Crippen MR) is 149 cm³/mol. The van der Waals surface area contributed by atoms with Gasteiger partial charge in [0.1, 0.15) is 17.7 Å². The van der Waals surface area contributed by atoms with E-state index < -0.39 is 29.6 Å². The second-order valence-electron chi connectivity index (χ2n) is 11.1. The molecule has 11 heteroatoms. The van der Waals surface area contributed by atoms with Gasteiger partial charge < -0.3 is 20.9 Å². The summed E-state index contributed by atoms with van der Waals surface area (Å²) in [4.78, 5) is 50.8. The fraction of sp³-hybridized carbons (Fsp3) is 0.448. The Bertz CT molecular complexity index is 1350. The Balaban J connectivity index is 1.05. The van der Waals surface area contributed by atoms with E-state index in [-0.39, 0.29) is 11.1 Å². The Morgan fingerprint density at radius 3 is 2.30 bits per heavy atom. The van der Waals surface area contributed by atoms with E-state index in [2.05, 4.69) is 26.7 Å². The van der Waals surface area contributed by atoms with Gasteiger partial charge in [0.05, 0.1) is 28.7 Å². The number of anilines is 3. The van der Waals surface area contributed by atoms with Gasteiger partial charge in [-0.1, -0.05) is 6.58 Å². The van der Waals surface area contributed by atoms with Crippen molar-refractivity contribution in [2.75, 3.05) is 61.3 Å². The summed E-state index contributed by atoms with van der Waals surface area (Å²) in [5.41, 5.74) is 7.48. The van der Waals surface area contributed by atoms with Crippen molar-refractivity contribution in [1.29, 1.82) is 0 Å². The molecule has 1 unspecified atom stereocenters. The van der Waals surface area contributed by atoms with Crippen LogP contribution in [0.1, 0.15) is 46.4 Å². The van der Waals surface area contributed by atoms with Crippen LogP contribution >= 0.6 is 0 Å². The zero-order valence-corrected chi connectivity index (χ0v) is 22.4. The van der Waals surface area contributed by atoms with Gasteiger partial charge in [0, 0.05) is 51.5 Å². The number of rotatable bonds is 5. The van der Waals surface area contributed by atoms with Gasteiger partial charge in [0.25, 0.3) is 11.8 Å². The first-order valence-corrected chi connectivity index (χ1v) is 13.9. The molecule has 10 nitrogen and oxygen atoms in total. The van der Waals surface area contributed by atoms with Crippen LogP contribution in [0.2, 0.25) is 0 Å². The van der Waals surface area contributed by atoms with Crippen LogP contribution in [0.5, 0.6) is 0 Å². The third kappa shape index (κ3) is 4.90. The highest BCUT2D eigenvalue weighted by Crippen LogP contribution is 2.33. The topological polar surface area (TPSA) is 115 Å². The average Bonchev–Trinajstić information content (AvgIpc) is 3.18. The number of aromatic nitrogens is 1. The molecule has 1 aromatic carbocycles. The Kier molecular flexibility index (Phi) is 6.91. The first-order valence-electron chi connectivity index (χ1n) is 13.9. The number of allylic oxidation sites excluding steroid dienone is 1. The third-order valence-corrected chi connectivity index (χ3v) is 8.56. The SMILES string of the molecule is C=C1CCC(N2C(=O)c3cc(F)c(N4CCN(CC5CCN(c6ccc(N)cn6)CC5)CC4)cc3C2=O)C(=O)N1. The number of halogens is 1. The van der Waals surface area contributed by atoms with Gasteiger partial charge in [0.2, 0.25) is 5.91 Å². The number of piperidine rings is 2. The molecule has 1 aromatic heterocycles. The van der Waals surface area contributed by atoms with Gasteiger partial charge in [-0.25, -0.2) is 9.37 Å². The number of hydrogen-bond donors (Lipinski definition) is 2. The van der Waals surface area contributed by atoms with Crippen molar-refractivity contribution in [2.24, 2.45) is 5.92 Å². The van der Waals surface area contributed by atoms with Gasteiger partial charge in [-0.2, -0.15) is 0 Å². The van der Waals surface area contributed by atoms with Gasteiger partial charge in [0.15, 0.2) is 0 Å². The molecule has 3 N–H and O–H groups in total. The molecular weight excluding hydrogens is 513 g/mol. The number of amides is 3. The molecule has 4 aliphatic rings. The molecule has 1 atom stereocenters. The first kappa shape index (κ1) is 26.2. The number of carbonyl (C=O) groups is 3. The van der Waals surface area contributed by atoms with E-state index in [1.54, 1.807) is 6.20 Å². The number of fused-ring (bicyclic) bond motifs is 1. The fourth-order valence-corrected chi connectivity index (χ4v) is 6.27. The van der Waals surface area contributed by atoms with Gasteiger partial charge in [-0.05, 0) is 55.9 Å². The standard InChI is InChI=1S/C29H34FN7O3/c1-18-2-4-24(27(38)33-18)37-28(39)21-14-23(30)25(15-22(21)29(37)40)35-12-10-34(11-13-35)17-19-6-8-36(9-7-19)26-5-3-20(31)16-32-26/h3,5,14-16,19,24H,1-2,4,6-13,17,31H2,(H,33,38). The van der Waals surface area contributed by atoms with Crippen molar-refractivity contribution < 1.29 is 18.8 Å². The summed E-state index contributed by atoms with van der Waals surface area (Å²) in [5, 5.41) is 2.62. The van der Waals surface area contributed by atoms with Crippen molar-refractivity contribution >= 4 is 34.9 Å². The molecular formula is C29H34FN7O3. The van der Waals surface area contributed by atoms with Crippen LogP contribution in [0.4, 0.5) is 21.6 Å². The van der Waals surface area contributed by atoms with Crippen LogP contribution in [-0.2, 0) is 4.79 Å². The molecule has 0 saturated carbocycles. The highest BCUT2D eigenvalue weighted by atomic mass is 19.1. The number of carbonyl (C=O) groups excluding carboxylic acids is 3. The molecule has 0 aliphatic carbocycles. The van der Waals surface area contributed by atoms with Crippen LogP contribution in [0.3, 0.4) is 0 Å². The van der Waals surface area contributed by atoms with Crippen molar-refractivity contribution in [2.45, 2.75) is 31.7 Å². The summed E-state index contributed by atoms with van der Waals surface area (Å²) < 4.78 is 15.3. The number of imide groups is 1. The summed E-state index contributed by atoms with van der Waals surface area (Å²) in [6.45, 7) is 9.51. The van der Waals surface area contributed by atoms with Crippen molar-refractivity contribution in [3.05, 3.63) is 59.7 Å². The second kappa shape index (κ2) is 10.5. The molecule has 3 amide bonds. The summed E-state index contributed by atoms with van der Waals surface area (Å²) in [6.07, 6.45) is 4.66. The van der Waals surface area contributed by atoms with Crippen LogP contribution in [-0.4, -0.2) is 84.4 Å². The Labute approximate surface area is 232 Å². The molecule has 40 heavy (non-hydrogen) atoms. The van der Waals surface area contributed by atoms with Crippen LogP contribution in [0.25, 0.3) is 0 Å². The minimum atomic E-state index is -0.914. The lowest BCUT2D eigenvalue weighted by molar-refractivity contribution is -0.125. The molecule has 3 saturated heterocycles. The van der Waals surface area contributed by atoms with Gasteiger partial charge in [-0.3, -0.25) is 24.2 Å². The third-order valence-electron chi connectivity index (χ3n) is 8.56. The predicted octanol–water partition coefficient (Wildman–Crippen LogP) is 2.23. The number of benzene rings is 1. The fourth-order valence-electron chi connectivity index (χ4n) is 6.27. The average molecular weight is 548 g/mol. The van der Waals surface area contributed by atoms with Crippen LogP contribution in [0, 0.1) is 11.7 Å². The number of nitrogens with zero attached hydrogens (tertiary/aromatic N) is 5. The lowest BCUT2D eigenvalue weighted by Crippen LogP contribution is -2.51. The maximum atomic E-state index is 15.3. The molecule has 3 fully saturated rings. The maximum absolute atomic E-state index is 15.3. The lowest BCUT2D eigenvalue weighted by Gasteiger charge is -2.40. The molecule has 4 aliphatic heterocycles. The minimum Gasteiger partial charge on any atom is -0.397 e. The lowest BCUT2D eigenvalue weighted by atomic mass is 9.96. The number of pyridine rings is 1. The largest absolute Gasteiger partial charge is 0.397 e. The van der Waals surface area contributed by atoms with Crippen molar-refractivity contribution in [3.8, 4) is 0 Å². The van der Waals surface area contributed by atoms with E-state index in [0.717, 1.165) is 62.3 Å².